The summed E-state index contributed by atoms with van der Waals surface area (Å²) in [7, 11) is 0. The molecule has 2 N–H and O–H groups in total. The van der Waals surface area contributed by atoms with Crippen molar-refractivity contribution in [2.75, 3.05) is 11.5 Å². The van der Waals surface area contributed by atoms with Gasteiger partial charge in [-0.25, -0.2) is 0 Å². The smallest absolute Gasteiger partial charge is 0.103 e. The van der Waals surface area contributed by atoms with Gasteiger partial charge >= 0.3 is 0 Å². The van der Waals surface area contributed by atoms with Gasteiger partial charge < -0.3 is 5.73 Å². The van der Waals surface area contributed by atoms with Crippen LogP contribution in [0.5, 0.6) is 0 Å². The van der Waals surface area contributed by atoms with E-state index in [9.17, 15) is 0 Å². The van der Waals surface area contributed by atoms with Crippen molar-refractivity contribution in [3.63, 3.8) is 0 Å². The summed E-state index contributed by atoms with van der Waals surface area (Å²) in [6.07, 6.45) is 0. The van der Waals surface area contributed by atoms with Gasteiger partial charge in [-0.05, 0) is 17.9 Å². The molecule has 0 atom stereocenters. The van der Waals surface area contributed by atoms with Crippen molar-refractivity contribution in [1.29, 1.82) is 5.26 Å². The normalized spacial score (nSPS) is 9.62. The molecular weight excluding hydrogens is 204 g/mol. The molecule has 1 rings (SSSR count). The molecule has 1 aromatic rings. The van der Waals surface area contributed by atoms with Crippen LogP contribution in [-0.4, -0.2) is 5.75 Å². The zero-order valence-electron chi connectivity index (χ0n) is 7.17. The summed E-state index contributed by atoms with van der Waals surface area (Å²) < 4.78 is 0. The van der Waals surface area contributed by atoms with Crippen LogP contribution < -0.4 is 5.73 Å². The summed E-state index contributed by atoms with van der Waals surface area (Å²) in [6.45, 7) is 2.03. The largest absolute Gasteiger partial charge is 0.397 e. The van der Waals surface area contributed by atoms with Gasteiger partial charge in [-0.15, -0.1) is 11.8 Å². The number of anilines is 1. The van der Waals surface area contributed by atoms with Gasteiger partial charge in [-0.3, -0.25) is 0 Å². The molecule has 0 heterocycles. The lowest BCUT2D eigenvalue weighted by Crippen LogP contribution is -1.94. The van der Waals surface area contributed by atoms with Crippen molar-refractivity contribution >= 4 is 29.1 Å². The van der Waals surface area contributed by atoms with E-state index in [0.29, 0.717) is 16.3 Å². The molecule has 0 amide bonds. The summed E-state index contributed by atoms with van der Waals surface area (Å²) in [5, 5.41) is 9.19. The number of hydrogen-bond donors (Lipinski definition) is 1. The van der Waals surface area contributed by atoms with Crippen LogP contribution in [0.3, 0.4) is 0 Å². The third-order valence-corrected chi connectivity index (χ3v) is 2.84. The lowest BCUT2D eigenvalue weighted by molar-refractivity contribution is 1.39. The first-order chi connectivity index (χ1) is 6.20. The van der Waals surface area contributed by atoms with Crippen molar-refractivity contribution in [2.45, 2.75) is 11.8 Å². The minimum absolute atomic E-state index is 0.375. The van der Waals surface area contributed by atoms with E-state index < -0.39 is 0 Å². The average Bonchev–Trinajstić information content (AvgIpc) is 2.11. The van der Waals surface area contributed by atoms with E-state index in [1.807, 2.05) is 19.1 Å². The van der Waals surface area contributed by atoms with Crippen LogP contribution in [0.2, 0.25) is 5.02 Å². The van der Waals surface area contributed by atoms with Gasteiger partial charge in [-0.1, -0.05) is 18.5 Å². The molecule has 68 valence electrons. The second-order valence-electron chi connectivity index (χ2n) is 2.38. The van der Waals surface area contributed by atoms with E-state index in [2.05, 4.69) is 0 Å². The van der Waals surface area contributed by atoms with Crippen molar-refractivity contribution in [1.82, 2.24) is 0 Å². The third kappa shape index (κ3) is 2.09. The molecule has 0 unspecified atom stereocenters. The van der Waals surface area contributed by atoms with Gasteiger partial charge in [0, 0.05) is 4.90 Å². The Morgan fingerprint density at radius 1 is 1.62 bits per heavy atom. The first-order valence-electron chi connectivity index (χ1n) is 3.81. The standard InChI is InChI=1S/C9H9ClN2S/c1-2-13-8-4-3-7(10)6(5-11)9(8)12/h3-4H,2,12H2,1H3. The van der Waals surface area contributed by atoms with E-state index in [1.165, 1.54) is 0 Å². The molecule has 0 aliphatic heterocycles. The fourth-order valence-corrected chi connectivity index (χ4v) is 1.91. The molecule has 13 heavy (non-hydrogen) atoms. The Kier molecular flexibility index (Phi) is 3.47. The highest BCUT2D eigenvalue weighted by molar-refractivity contribution is 7.99. The molecule has 1 aromatic carbocycles. The monoisotopic (exact) mass is 212 g/mol. The molecule has 4 heteroatoms. The molecule has 0 saturated heterocycles. The van der Waals surface area contributed by atoms with Crippen LogP contribution >= 0.6 is 23.4 Å². The fraction of sp³-hybridized carbons (Fsp3) is 0.222. The summed E-state index contributed by atoms with van der Waals surface area (Å²) in [5.74, 6) is 0.927. The van der Waals surface area contributed by atoms with Gasteiger partial charge in [-0.2, -0.15) is 5.26 Å². The maximum Gasteiger partial charge on any atom is 0.103 e. The van der Waals surface area contributed by atoms with Gasteiger partial charge in [0.25, 0.3) is 0 Å². The topological polar surface area (TPSA) is 49.8 Å². The van der Waals surface area contributed by atoms with E-state index >= 15 is 0 Å². The summed E-state index contributed by atoms with van der Waals surface area (Å²) in [6, 6.07) is 5.53. The van der Waals surface area contributed by atoms with E-state index in [-0.39, 0.29) is 0 Å². The van der Waals surface area contributed by atoms with Crippen LogP contribution in [0.4, 0.5) is 5.69 Å². The third-order valence-electron chi connectivity index (χ3n) is 1.57. The Balaban J connectivity index is 3.21. The highest BCUT2D eigenvalue weighted by atomic mass is 35.5. The van der Waals surface area contributed by atoms with E-state index in [4.69, 9.17) is 22.6 Å². The first kappa shape index (κ1) is 10.2. The van der Waals surface area contributed by atoms with Crippen molar-refractivity contribution in [2.24, 2.45) is 0 Å². The molecule has 2 nitrogen and oxygen atoms in total. The van der Waals surface area contributed by atoms with Crippen LogP contribution in [-0.2, 0) is 0 Å². The number of hydrogen-bond acceptors (Lipinski definition) is 3. The Labute approximate surface area is 86.7 Å². The Bertz CT molecular complexity index is 357. The molecular formula is C9H9ClN2S. The summed E-state index contributed by atoms with van der Waals surface area (Å²) >= 11 is 7.40. The maximum atomic E-state index is 8.77. The quantitative estimate of drug-likeness (QED) is 0.606. The number of nitrogen functional groups attached to an aromatic ring is 1. The molecule has 0 bridgehead atoms. The van der Waals surface area contributed by atoms with Crippen LogP contribution in [0.1, 0.15) is 12.5 Å². The number of thioether (sulfide) groups is 1. The molecule has 0 radical (unpaired) electrons. The van der Waals surface area contributed by atoms with Crippen LogP contribution in [0.25, 0.3) is 0 Å². The minimum Gasteiger partial charge on any atom is -0.397 e. The van der Waals surface area contributed by atoms with Crippen molar-refractivity contribution < 1.29 is 0 Å². The molecule has 0 spiro atoms. The average molecular weight is 213 g/mol. The van der Waals surface area contributed by atoms with Crippen molar-refractivity contribution in [3.8, 4) is 6.07 Å². The van der Waals surface area contributed by atoms with E-state index in [1.54, 1.807) is 17.8 Å². The predicted molar refractivity (Wildman–Crippen MR) is 57.0 cm³/mol. The molecule has 0 saturated carbocycles. The van der Waals surface area contributed by atoms with Gasteiger partial charge in [0.1, 0.15) is 6.07 Å². The van der Waals surface area contributed by atoms with E-state index in [0.717, 1.165) is 10.6 Å². The van der Waals surface area contributed by atoms with Crippen LogP contribution in [0, 0.1) is 11.3 Å². The van der Waals surface area contributed by atoms with Gasteiger partial charge in [0.05, 0.1) is 16.3 Å². The molecule has 0 aliphatic rings. The summed E-state index contributed by atoms with van der Waals surface area (Å²) in [5.41, 5.74) is 6.62. The first-order valence-corrected chi connectivity index (χ1v) is 5.18. The fourth-order valence-electron chi connectivity index (χ4n) is 0.969. The van der Waals surface area contributed by atoms with Crippen LogP contribution in [0.15, 0.2) is 17.0 Å². The minimum atomic E-state index is 0.375. The number of benzene rings is 1. The Morgan fingerprint density at radius 3 is 2.85 bits per heavy atom. The molecule has 0 fully saturated rings. The molecule has 0 aromatic heterocycles. The maximum absolute atomic E-state index is 8.77. The highest BCUT2D eigenvalue weighted by Crippen LogP contribution is 2.31. The van der Waals surface area contributed by atoms with Gasteiger partial charge in [0.15, 0.2) is 0 Å². The zero-order chi connectivity index (χ0) is 9.84. The lowest BCUT2D eigenvalue weighted by Gasteiger charge is -2.06. The second kappa shape index (κ2) is 4.40. The lowest BCUT2D eigenvalue weighted by atomic mass is 10.2. The Morgan fingerprint density at radius 2 is 2.31 bits per heavy atom. The molecule has 0 aliphatic carbocycles. The highest BCUT2D eigenvalue weighted by Gasteiger charge is 2.08. The predicted octanol–water partition coefficient (Wildman–Crippen LogP) is 2.91. The number of nitriles is 1. The SMILES string of the molecule is CCSc1ccc(Cl)c(C#N)c1N. The Hall–Kier alpha value is -0.850. The van der Waals surface area contributed by atoms with Gasteiger partial charge in [0.2, 0.25) is 0 Å². The number of rotatable bonds is 2. The van der Waals surface area contributed by atoms with Crippen molar-refractivity contribution in [3.05, 3.63) is 22.7 Å². The number of halogens is 1. The second-order valence-corrected chi connectivity index (χ2v) is 4.09. The number of nitrogens with zero attached hydrogens (tertiary/aromatic N) is 1. The number of nitrogens with two attached hydrogens (primary N) is 1. The zero-order valence-corrected chi connectivity index (χ0v) is 8.75. The summed E-state index contributed by atoms with van der Waals surface area (Å²) in [4.78, 5) is 0.920.